The van der Waals surface area contributed by atoms with E-state index in [0.29, 0.717) is 0 Å². The Morgan fingerprint density at radius 1 is 1.00 bits per heavy atom. The fourth-order valence-corrected chi connectivity index (χ4v) is 3.90. The van der Waals surface area contributed by atoms with Crippen molar-refractivity contribution in [2.75, 3.05) is 13.1 Å². The molecular weight excluding hydrogens is 332 g/mol. The van der Waals surface area contributed by atoms with Crippen LogP contribution in [0.5, 0.6) is 0 Å². The average molecular weight is 365 g/mol. The third-order valence-electron chi connectivity index (χ3n) is 5.57. The zero-order valence-electron chi connectivity index (χ0n) is 16.9. The number of benzene rings is 2. The largest absolute Gasteiger partial charge is 0.346 e. The van der Waals surface area contributed by atoms with Crippen LogP contribution in [-0.2, 0) is 6.54 Å². The highest BCUT2D eigenvalue weighted by Crippen LogP contribution is 2.20. The molecule has 0 aliphatic carbocycles. The first kappa shape index (κ1) is 19.6. The van der Waals surface area contributed by atoms with Crippen LogP contribution in [0.15, 0.2) is 42.5 Å². The first-order valence-electron chi connectivity index (χ1n) is 10.2. The highest BCUT2D eigenvalue weighted by molar-refractivity contribution is 5.94. The maximum atomic E-state index is 12.6. The molecule has 0 radical (unpaired) electrons. The molecule has 3 heteroatoms. The molecule has 2 aromatic carbocycles. The molecule has 1 aliphatic heterocycles. The summed E-state index contributed by atoms with van der Waals surface area (Å²) in [5, 5.41) is 3.14. The molecule has 3 rings (SSSR count). The number of likely N-dealkylation sites (tertiary alicyclic amines) is 1. The average Bonchev–Trinajstić information content (AvgIpc) is 2.93. The van der Waals surface area contributed by atoms with E-state index in [0.717, 1.165) is 12.1 Å². The maximum absolute atomic E-state index is 12.6. The summed E-state index contributed by atoms with van der Waals surface area (Å²) in [5.74, 6) is -0.00951. The Hall–Kier alpha value is -2.13. The first-order chi connectivity index (χ1) is 13.0. The van der Waals surface area contributed by atoms with Crippen LogP contribution in [0.4, 0.5) is 0 Å². The fourth-order valence-electron chi connectivity index (χ4n) is 3.90. The molecule has 0 bridgehead atoms. The predicted molar refractivity (Wildman–Crippen MR) is 112 cm³/mol. The van der Waals surface area contributed by atoms with Gasteiger partial charge in [-0.3, -0.25) is 9.69 Å². The number of nitrogens with zero attached hydrogens (tertiary/aromatic N) is 1. The van der Waals surface area contributed by atoms with Gasteiger partial charge in [-0.15, -0.1) is 0 Å². The lowest BCUT2D eigenvalue weighted by Gasteiger charge is -2.20. The third kappa shape index (κ3) is 5.43. The molecule has 1 heterocycles. The van der Waals surface area contributed by atoms with Crippen LogP contribution in [0, 0.1) is 13.8 Å². The number of carbonyl (C=O) groups is 1. The van der Waals surface area contributed by atoms with Gasteiger partial charge in [0.05, 0.1) is 6.04 Å². The molecule has 0 spiro atoms. The van der Waals surface area contributed by atoms with E-state index in [2.05, 4.69) is 54.4 Å². The lowest BCUT2D eigenvalue weighted by molar-refractivity contribution is 0.0940. The van der Waals surface area contributed by atoms with Gasteiger partial charge < -0.3 is 5.32 Å². The van der Waals surface area contributed by atoms with Crippen molar-refractivity contribution in [1.82, 2.24) is 10.2 Å². The molecule has 27 heavy (non-hydrogen) atoms. The predicted octanol–water partition coefficient (Wildman–Crippen LogP) is 5.17. The van der Waals surface area contributed by atoms with E-state index in [-0.39, 0.29) is 11.9 Å². The lowest BCUT2D eigenvalue weighted by Crippen LogP contribution is -2.27. The van der Waals surface area contributed by atoms with E-state index in [1.54, 1.807) is 0 Å². The van der Waals surface area contributed by atoms with E-state index < -0.39 is 0 Å². The lowest BCUT2D eigenvalue weighted by atomic mass is 9.99. The van der Waals surface area contributed by atoms with Gasteiger partial charge in [0.25, 0.3) is 5.91 Å². The smallest absolute Gasteiger partial charge is 0.251 e. The molecule has 1 N–H and O–H groups in total. The topological polar surface area (TPSA) is 32.3 Å². The van der Waals surface area contributed by atoms with Crippen molar-refractivity contribution < 1.29 is 4.79 Å². The highest BCUT2D eigenvalue weighted by Gasteiger charge is 2.14. The van der Waals surface area contributed by atoms with Gasteiger partial charge in [-0.05, 0) is 75.5 Å². The first-order valence-corrected chi connectivity index (χ1v) is 10.2. The van der Waals surface area contributed by atoms with Crippen molar-refractivity contribution in [3.05, 3.63) is 70.3 Å². The second kappa shape index (κ2) is 9.18. The minimum atomic E-state index is -0.00951. The van der Waals surface area contributed by atoms with E-state index in [1.165, 1.54) is 61.0 Å². The molecule has 0 saturated carbocycles. The minimum Gasteiger partial charge on any atom is -0.346 e. The minimum absolute atomic E-state index is 0.00539. The van der Waals surface area contributed by atoms with E-state index >= 15 is 0 Å². The van der Waals surface area contributed by atoms with Crippen molar-refractivity contribution in [1.29, 1.82) is 0 Å². The van der Waals surface area contributed by atoms with Crippen molar-refractivity contribution in [3.63, 3.8) is 0 Å². The van der Waals surface area contributed by atoms with Gasteiger partial charge in [-0.1, -0.05) is 48.7 Å². The molecule has 1 fully saturated rings. The number of nitrogens with one attached hydrogen (secondary N) is 1. The molecule has 1 amide bonds. The second-order valence-corrected chi connectivity index (χ2v) is 7.94. The molecule has 0 unspecified atom stereocenters. The third-order valence-corrected chi connectivity index (χ3v) is 5.57. The number of aryl methyl sites for hydroxylation is 2. The van der Waals surface area contributed by atoms with Crippen LogP contribution in [-0.4, -0.2) is 23.9 Å². The van der Waals surface area contributed by atoms with Crippen molar-refractivity contribution >= 4 is 5.91 Å². The summed E-state index contributed by atoms with van der Waals surface area (Å²) < 4.78 is 0. The van der Waals surface area contributed by atoms with Gasteiger partial charge in [0.2, 0.25) is 0 Å². The Kier molecular flexibility index (Phi) is 6.68. The summed E-state index contributed by atoms with van der Waals surface area (Å²) in [7, 11) is 0. The van der Waals surface area contributed by atoms with Crippen LogP contribution in [0.2, 0.25) is 0 Å². The SMILES string of the molecule is Cc1ccc(C)c([C@@H](C)NC(=O)c2ccc(CN3CCCCCC3)cc2)c1. The number of amides is 1. The molecule has 3 nitrogen and oxygen atoms in total. The van der Waals surface area contributed by atoms with Gasteiger partial charge in [0.15, 0.2) is 0 Å². The summed E-state index contributed by atoms with van der Waals surface area (Å²) in [6, 6.07) is 14.5. The Morgan fingerprint density at radius 2 is 1.67 bits per heavy atom. The molecule has 2 aromatic rings. The van der Waals surface area contributed by atoms with E-state index in [9.17, 15) is 4.79 Å². The number of rotatable bonds is 5. The van der Waals surface area contributed by atoms with E-state index in [4.69, 9.17) is 0 Å². The Morgan fingerprint density at radius 3 is 2.33 bits per heavy atom. The monoisotopic (exact) mass is 364 g/mol. The van der Waals surface area contributed by atoms with Gasteiger partial charge in [0, 0.05) is 12.1 Å². The molecule has 0 aromatic heterocycles. The zero-order chi connectivity index (χ0) is 19.2. The van der Waals surface area contributed by atoms with Crippen LogP contribution < -0.4 is 5.32 Å². The molecule has 1 saturated heterocycles. The summed E-state index contributed by atoms with van der Waals surface area (Å²) in [5.41, 5.74) is 5.62. The van der Waals surface area contributed by atoms with Crippen molar-refractivity contribution in [2.45, 2.75) is 59.0 Å². The van der Waals surface area contributed by atoms with Crippen LogP contribution in [0.3, 0.4) is 0 Å². The summed E-state index contributed by atoms with van der Waals surface area (Å²) in [6.45, 7) is 9.59. The highest BCUT2D eigenvalue weighted by atomic mass is 16.1. The van der Waals surface area contributed by atoms with Gasteiger partial charge in [-0.25, -0.2) is 0 Å². The fraction of sp³-hybridized carbons (Fsp3) is 0.458. The maximum Gasteiger partial charge on any atom is 0.251 e. The summed E-state index contributed by atoms with van der Waals surface area (Å²) >= 11 is 0. The zero-order valence-corrected chi connectivity index (χ0v) is 16.9. The van der Waals surface area contributed by atoms with Gasteiger partial charge in [0.1, 0.15) is 0 Å². The van der Waals surface area contributed by atoms with Crippen LogP contribution >= 0.6 is 0 Å². The van der Waals surface area contributed by atoms with Crippen LogP contribution in [0.1, 0.15) is 71.3 Å². The molecule has 1 atom stereocenters. The number of carbonyl (C=O) groups excluding carboxylic acids is 1. The summed E-state index contributed by atoms with van der Waals surface area (Å²) in [6.07, 6.45) is 5.32. The Balaban J connectivity index is 1.60. The van der Waals surface area contributed by atoms with Gasteiger partial charge in [-0.2, -0.15) is 0 Å². The van der Waals surface area contributed by atoms with Crippen molar-refractivity contribution in [3.8, 4) is 0 Å². The quantitative estimate of drug-likeness (QED) is 0.794. The summed E-state index contributed by atoms with van der Waals surface area (Å²) in [4.78, 5) is 15.2. The van der Waals surface area contributed by atoms with Gasteiger partial charge >= 0.3 is 0 Å². The molecular formula is C24H32N2O. The normalized spacial score (nSPS) is 16.6. The van der Waals surface area contributed by atoms with E-state index in [1.807, 2.05) is 19.1 Å². The standard InChI is InChI=1S/C24H32N2O/c1-18-8-9-19(2)23(16-18)20(3)25-24(27)22-12-10-21(11-13-22)17-26-14-6-4-5-7-15-26/h8-13,16,20H,4-7,14-15,17H2,1-3H3,(H,25,27)/t20-/m1/s1. The van der Waals surface area contributed by atoms with Crippen molar-refractivity contribution in [2.24, 2.45) is 0 Å². The second-order valence-electron chi connectivity index (χ2n) is 7.94. The number of hydrogen-bond donors (Lipinski definition) is 1. The molecule has 1 aliphatic rings. The van der Waals surface area contributed by atoms with Crippen LogP contribution in [0.25, 0.3) is 0 Å². The Bertz CT molecular complexity index is 758. The number of hydrogen-bond acceptors (Lipinski definition) is 2. The molecule has 144 valence electrons. The Labute approximate surface area is 163 Å².